The van der Waals surface area contributed by atoms with Crippen LogP contribution in [0, 0.1) is 5.82 Å². The number of hydrogen-bond donors (Lipinski definition) is 5. The average molecular weight is 448 g/mol. The molecule has 5 N–H and O–H groups in total. The molecule has 2 aliphatic rings. The molecule has 1 aromatic rings. The number of hydrogen-bond acceptors (Lipinski definition) is 7. The van der Waals surface area contributed by atoms with Gasteiger partial charge >= 0.3 is 5.97 Å². The normalized spacial score (nSPS) is 17.6. The maximum Gasteiger partial charge on any atom is 0.328 e. The summed E-state index contributed by atoms with van der Waals surface area (Å²) in [6, 6.07) is 3.23. The zero-order chi connectivity index (χ0) is 23.1. The second-order valence-corrected chi connectivity index (χ2v) is 7.88. The lowest BCUT2D eigenvalue weighted by Crippen LogP contribution is -2.50. The van der Waals surface area contributed by atoms with Crippen LogP contribution in [0.3, 0.4) is 0 Å². The standard InChI is InChI=1S/C21H29FN6O4/c1-13(29)26-17(20(31)32)12-25-19(30)14-3-4-18(16(22)11-14)28-9-5-15(6-10-28)27-21-23-7-2-8-24-21/h3-4,11,15,17H,2,5-10,12H2,1H3,(H,25,30)(H,26,29)(H,31,32)(H2,23,24,27)/t17-/m0/s1. The number of benzene rings is 1. The van der Waals surface area contributed by atoms with E-state index in [1.165, 1.54) is 13.0 Å². The number of carbonyl (C=O) groups is 3. The number of rotatable bonds is 7. The Morgan fingerprint density at radius 3 is 2.66 bits per heavy atom. The van der Waals surface area contributed by atoms with Gasteiger partial charge in [0, 0.05) is 51.3 Å². The van der Waals surface area contributed by atoms with Crippen LogP contribution < -0.4 is 26.2 Å². The molecule has 0 aliphatic carbocycles. The highest BCUT2D eigenvalue weighted by atomic mass is 19.1. The number of nitrogens with one attached hydrogen (secondary N) is 4. The predicted molar refractivity (Wildman–Crippen MR) is 117 cm³/mol. The lowest BCUT2D eigenvalue weighted by Gasteiger charge is -2.35. The fourth-order valence-electron chi connectivity index (χ4n) is 3.73. The highest BCUT2D eigenvalue weighted by Gasteiger charge is 2.24. The van der Waals surface area contributed by atoms with E-state index in [-0.39, 0.29) is 18.2 Å². The molecule has 32 heavy (non-hydrogen) atoms. The minimum Gasteiger partial charge on any atom is -0.480 e. The van der Waals surface area contributed by atoms with E-state index in [0.29, 0.717) is 18.8 Å². The molecule has 1 saturated heterocycles. The van der Waals surface area contributed by atoms with Crippen molar-refractivity contribution in [2.45, 2.75) is 38.3 Å². The van der Waals surface area contributed by atoms with Crippen molar-refractivity contribution in [1.29, 1.82) is 0 Å². The molecule has 0 bridgehead atoms. The summed E-state index contributed by atoms with van der Waals surface area (Å²) in [7, 11) is 0. The summed E-state index contributed by atoms with van der Waals surface area (Å²) in [5.74, 6) is -2.09. The van der Waals surface area contributed by atoms with Crippen LogP contribution in [0.25, 0.3) is 0 Å². The largest absolute Gasteiger partial charge is 0.480 e. The first kappa shape index (κ1) is 23.3. The highest BCUT2D eigenvalue weighted by Crippen LogP contribution is 2.24. The number of amides is 2. The predicted octanol–water partition coefficient (Wildman–Crippen LogP) is 0.0525. The lowest BCUT2D eigenvalue weighted by atomic mass is 10.0. The van der Waals surface area contributed by atoms with Gasteiger partial charge in [0.25, 0.3) is 5.91 Å². The number of carboxylic acids is 1. The van der Waals surface area contributed by atoms with E-state index < -0.39 is 29.6 Å². The Balaban J connectivity index is 1.53. The molecule has 0 radical (unpaired) electrons. The number of piperidine rings is 1. The number of guanidine groups is 1. The number of carbonyl (C=O) groups excluding carboxylic acids is 2. The van der Waals surface area contributed by atoms with E-state index in [9.17, 15) is 18.8 Å². The first-order chi connectivity index (χ1) is 15.3. The molecule has 11 heteroatoms. The van der Waals surface area contributed by atoms with Crippen LogP contribution >= 0.6 is 0 Å². The Hall–Kier alpha value is -3.37. The number of aliphatic imine (C=N–C) groups is 1. The van der Waals surface area contributed by atoms with Gasteiger partial charge in [-0.25, -0.2) is 9.18 Å². The van der Waals surface area contributed by atoms with Gasteiger partial charge in [0.2, 0.25) is 5.91 Å². The molecule has 2 amide bonds. The SMILES string of the molecule is CC(=O)N[C@@H](CNC(=O)c1ccc(N2CCC(NC3=NCCCN3)CC2)c(F)c1)C(=O)O. The van der Waals surface area contributed by atoms with E-state index >= 15 is 0 Å². The summed E-state index contributed by atoms with van der Waals surface area (Å²) in [5.41, 5.74) is 0.506. The fraction of sp³-hybridized carbons (Fsp3) is 0.524. The number of halogens is 1. The van der Waals surface area contributed by atoms with E-state index in [4.69, 9.17) is 5.11 Å². The molecule has 1 aromatic carbocycles. The molecule has 0 spiro atoms. The lowest BCUT2D eigenvalue weighted by molar-refractivity contribution is -0.141. The zero-order valence-electron chi connectivity index (χ0n) is 18.0. The number of carboxylic acid groups (broad SMARTS) is 1. The highest BCUT2D eigenvalue weighted by molar-refractivity contribution is 5.95. The van der Waals surface area contributed by atoms with Crippen molar-refractivity contribution < 1.29 is 23.9 Å². The van der Waals surface area contributed by atoms with E-state index in [1.54, 1.807) is 6.07 Å². The minimum absolute atomic E-state index is 0.0798. The van der Waals surface area contributed by atoms with Crippen LogP contribution in [0.4, 0.5) is 10.1 Å². The molecule has 1 atom stereocenters. The smallest absolute Gasteiger partial charge is 0.328 e. The monoisotopic (exact) mass is 448 g/mol. The molecule has 0 unspecified atom stereocenters. The third-order valence-corrected chi connectivity index (χ3v) is 5.43. The third kappa shape index (κ3) is 6.32. The Morgan fingerprint density at radius 1 is 1.31 bits per heavy atom. The fourth-order valence-corrected chi connectivity index (χ4v) is 3.73. The molecule has 0 aromatic heterocycles. The van der Waals surface area contributed by atoms with Gasteiger partial charge in [-0.2, -0.15) is 0 Å². The molecule has 174 valence electrons. The molecule has 3 rings (SSSR count). The zero-order valence-corrected chi connectivity index (χ0v) is 18.0. The quantitative estimate of drug-likeness (QED) is 0.398. The molecule has 0 saturated carbocycles. The van der Waals surface area contributed by atoms with Crippen molar-refractivity contribution in [3.05, 3.63) is 29.6 Å². The van der Waals surface area contributed by atoms with Crippen molar-refractivity contribution in [2.75, 3.05) is 37.6 Å². The van der Waals surface area contributed by atoms with Gasteiger partial charge in [0.15, 0.2) is 5.96 Å². The topological polar surface area (TPSA) is 135 Å². The molecule has 2 heterocycles. The van der Waals surface area contributed by atoms with Gasteiger partial charge in [-0.15, -0.1) is 0 Å². The van der Waals surface area contributed by atoms with Crippen molar-refractivity contribution in [2.24, 2.45) is 4.99 Å². The minimum atomic E-state index is -1.27. The first-order valence-corrected chi connectivity index (χ1v) is 10.7. The Bertz CT molecular complexity index is 885. The molecular formula is C21H29FN6O4. The molecule has 1 fully saturated rings. The average Bonchev–Trinajstić information content (AvgIpc) is 2.77. The van der Waals surface area contributed by atoms with Gasteiger partial charge in [-0.3, -0.25) is 14.6 Å². The van der Waals surface area contributed by atoms with Crippen LogP contribution in [-0.4, -0.2) is 73.7 Å². The second-order valence-electron chi connectivity index (χ2n) is 7.88. The van der Waals surface area contributed by atoms with Crippen LogP contribution in [0.1, 0.15) is 36.5 Å². The van der Waals surface area contributed by atoms with E-state index in [1.807, 2.05) is 4.90 Å². The van der Waals surface area contributed by atoms with Gasteiger partial charge in [0.05, 0.1) is 5.69 Å². The molecule has 2 aliphatic heterocycles. The summed E-state index contributed by atoms with van der Waals surface area (Å²) >= 11 is 0. The second kappa shape index (κ2) is 10.8. The van der Waals surface area contributed by atoms with Crippen LogP contribution in [0.5, 0.6) is 0 Å². The van der Waals surface area contributed by atoms with Crippen molar-refractivity contribution in [3.8, 4) is 0 Å². The first-order valence-electron chi connectivity index (χ1n) is 10.7. The summed E-state index contributed by atoms with van der Waals surface area (Å²) in [4.78, 5) is 40.9. The molecule has 10 nitrogen and oxygen atoms in total. The van der Waals surface area contributed by atoms with Gasteiger partial charge in [-0.1, -0.05) is 0 Å². The maximum absolute atomic E-state index is 14.7. The number of aliphatic carboxylic acids is 1. The van der Waals surface area contributed by atoms with Crippen molar-refractivity contribution in [1.82, 2.24) is 21.3 Å². The van der Waals surface area contributed by atoms with Crippen LogP contribution in [-0.2, 0) is 9.59 Å². The summed E-state index contributed by atoms with van der Waals surface area (Å²) in [6.07, 6.45) is 2.70. The summed E-state index contributed by atoms with van der Waals surface area (Å²) in [5, 5.41) is 20.4. The van der Waals surface area contributed by atoms with Crippen LogP contribution in [0.15, 0.2) is 23.2 Å². The summed E-state index contributed by atoms with van der Waals surface area (Å²) < 4.78 is 14.7. The van der Waals surface area contributed by atoms with Crippen molar-refractivity contribution in [3.63, 3.8) is 0 Å². The van der Waals surface area contributed by atoms with E-state index in [0.717, 1.165) is 44.4 Å². The summed E-state index contributed by atoms with van der Waals surface area (Å²) in [6.45, 7) is 3.96. The van der Waals surface area contributed by atoms with Gasteiger partial charge < -0.3 is 31.3 Å². The Labute approximate surface area is 185 Å². The van der Waals surface area contributed by atoms with Crippen LogP contribution in [0.2, 0.25) is 0 Å². The molecular weight excluding hydrogens is 419 g/mol. The van der Waals surface area contributed by atoms with Gasteiger partial charge in [0.1, 0.15) is 11.9 Å². The third-order valence-electron chi connectivity index (χ3n) is 5.43. The van der Waals surface area contributed by atoms with E-state index in [2.05, 4.69) is 26.3 Å². The Kier molecular flexibility index (Phi) is 7.85. The maximum atomic E-state index is 14.7. The number of anilines is 1. The van der Waals surface area contributed by atoms with Gasteiger partial charge in [-0.05, 0) is 37.5 Å². The number of nitrogens with zero attached hydrogens (tertiary/aromatic N) is 2. The van der Waals surface area contributed by atoms with Crippen molar-refractivity contribution >= 4 is 29.4 Å². The Morgan fingerprint density at radius 2 is 2.06 bits per heavy atom.